The highest BCUT2D eigenvalue weighted by Gasteiger charge is 2.32. The van der Waals surface area contributed by atoms with Crippen LogP contribution in [0.25, 0.3) is 0 Å². The molecule has 1 aromatic carbocycles. The van der Waals surface area contributed by atoms with Crippen LogP contribution in [0.3, 0.4) is 0 Å². The predicted molar refractivity (Wildman–Crippen MR) is 82.4 cm³/mol. The first-order chi connectivity index (χ1) is 9.72. The lowest BCUT2D eigenvalue weighted by Gasteiger charge is -2.23. The van der Waals surface area contributed by atoms with Gasteiger partial charge in [0.2, 0.25) is 0 Å². The fourth-order valence-corrected chi connectivity index (χ4v) is 3.26. The lowest BCUT2D eigenvalue weighted by molar-refractivity contribution is 0.0978. The van der Waals surface area contributed by atoms with Gasteiger partial charge in [-0.2, -0.15) is 0 Å². The van der Waals surface area contributed by atoms with Gasteiger partial charge >= 0.3 is 0 Å². The van der Waals surface area contributed by atoms with Gasteiger partial charge in [-0.3, -0.25) is 4.79 Å². The third-order valence-electron chi connectivity index (χ3n) is 3.62. The van der Waals surface area contributed by atoms with Gasteiger partial charge in [0.25, 0.3) is 5.91 Å². The van der Waals surface area contributed by atoms with Gasteiger partial charge in [0.1, 0.15) is 5.03 Å². The lowest BCUT2D eigenvalue weighted by atomic mass is 10.1. The summed E-state index contributed by atoms with van der Waals surface area (Å²) in [6.07, 6.45) is 4.58. The van der Waals surface area contributed by atoms with Crippen LogP contribution in [0.5, 0.6) is 0 Å². The van der Waals surface area contributed by atoms with E-state index in [0.29, 0.717) is 5.56 Å². The summed E-state index contributed by atoms with van der Waals surface area (Å²) in [5, 5.41) is 0.786. The number of carbonyl (C=O) groups is 1. The number of aromatic nitrogens is 1. The predicted octanol–water partition coefficient (Wildman–Crippen LogP) is 3.39. The minimum Gasteiger partial charge on any atom is -0.305 e. The molecule has 3 rings (SSSR count). The number of pyridine rings is 1. The van der Waals surface area contributed by atoms with Gasteiger partial charge in [0.05, 0.1) is 5.56 Å². The molecule has 1 amide bonds. The third kappa shape index (κ3) is 2.10. The molecule has 3 nitrogen and oxygen atoms in total. The van der Waals surface area contributed by atoms with Crippen LogP contribution < -0.4 is 4.90 Å². The van der Waals surface area contributed by atoms with Gasteiger partial charge in [-0.1, -0.05) is 18.2 Å². The van der Waals surface area contributed by atoms with Crippen molar-refractivity contribution in [3.63, 3.8) is 0 Å². The number of hydrogen-bond acceptors (Lipinski definition) is 3. The molecular weight excluding hydrogens is 268 g/mol. The maximum atomic E-state index is 12.9. The Morgan fingerprint density at radius 2 is 2.10 bits per heavy atom. The molecule has 2 heterocycles. The molecule has 0 aliphatic carbocycles. The Labute approximate surface area is 123 Å². The normalized spacial score (nSPS) is 17.1. The quantitative estimate of drug-likeness (QED) is 0.793. The second kappa shape index (κ2) is 5.29. The molecule has 0 bridgehead atoms. The van der Waals surface area contributed by atoms with Crippen molar-refractivity contribution in [2.45, 2.75) is 24.4 Å². The number of thioether (sulfide) groups is 1. The number of nitrogens with zero attached hydrogens (tertiary/aromatic N) is 2. The molecule has 0 saturated heterocycles. The second-order valence-corrected chi connectivity index (χ2v) is 5.71. The molecule has 0 N–H and O–H groups in total. The van der Waals surface area contributed by atoms with Crippen molar-refractivity contribution in [2.75, 3.05) is 11.2 Å². The van der Waals surface area contributed by atoms with Gasteiger partial charge in [0, 0.05) is 17.9 Å². The van der Waals surface area contributed by atoms with Crippen molar-refractivity contribution < 1.29 is 4.79 Å². The average molecular weight is 284 g/mol. The highest BCUT2D eigenvalue weighted by atomic mass is 32.2. The molecular formula is C16H16N2OS. The Hall–Kier alpha value is -1.81. The van der Waals surface area contributed by atoms with E-state index in [0.717, 1.165) is 17.1 Å². The Kier molecular flexibility index (Phi) is 3.49. The average Bonchev–Trinajstić information content (AvgIpc) is 2.82. The van der Waals surface area contributed by atoms with E-state index >= 15 is 0 Å². The van der Waals surface area contributed by atoms with Crippen LogP contribution in [-0.2, 0) is 6.42 Å². The molecule has 1 atom stereocenters. The second-order valence-electron chi connectivity index (χ2n) is 4.92. The van der Waals surface area contributed by atoms with Gasteiger partial charge in [-0.25, -0.2) is 4.98 Å². The van der Waals surface area contributed by atoms with Crippen molar-refractivity contribution in [1.82, 2.24) is 4.98 Å². The summed E-state index contributed by atoms with van der Waals surface area (Å²) in [4.78, 5) is 19.1. The van der Waals surface area contributed by atoms with Crippen LogP contribution >= 0.6 is 11.8 Å². The zero-order valence-electron chi connectivity index (χ0n) is 11.5. The van der Waals surface area contributed by atoms with Crippen LogP contribution in [0.15, 0.2) is 47.6 Å². The first-order valence-corrected chi connectivity index (χ1v) is 7.85. The SMILES string of the molecule is CSc1ncccc1C(=O)N1c2ccccc2CC1C. The van der Waals surface area contributed by atoms with Crippen molar-refractivity contribution in [3.05, 3.63) is 53.7 Å². The van der Waals surface area contributed by atoms with E-state index in [1.807, 2.05) is 41.5 Å². The zero-order valence-corrected chi connectivity index (χ0v) is 12.4. The maximum Gasteiger partial charge on any atom is 0.261 e. The number of para-hydroxylation sites is 1. The van der Waals surface area contributed by atoms with Crippen molar-refractivity contribution in [2.24, 2.45) is 0 Å². The summed E-state index contributed by atoms with van der Waals surface area (Å²) in [5.74, 6) is 0.0416. The van der Waals surface area contributed by atoms with Gasteiger partial charge < -0.3 is 4.90 Å². The van der Waals surface area contributed by atoms with Gasteiger partial charge in [0.15, 0.2) is 0 Å². The van der Waals surface area contributed by atoms with Crippen LogP contribution in [-0.4, -0.2) is 23.2 Å². The molecule has 1 unspecified atom stereocenters. The van der Waals surface area contributed by atoms with E-state index in [1.165, 1.54) is 17.3 Å². The summed E-state index contributed by atoms with van der Waals surface area (Å²) in [6, 6.07) is 12.0. The molecule has 20 heavy (non-hydrogen) atoms. The summed E-state index contributed by atoms with van der Waals surface area (Å²) in [7, 11) is 0. The molecule has 0 radical (unpaired) electrons. The minimum atomic E-state index is 0.0416. The summed E-state index contributed by atoms with van der Waals surface area (Å²) < 4.78 is 0. The minimum absolute atomic E-state index is 0.0416. The van der Waals surface area contributed by atoms with E-state index < -0.39 is 0 Å². The Bertz CT molecular complexity index is 656. The maximum absolute atomic E-state index is 12.9. The van der Waals surface area contributed by atoms with E-state index in [1.54, 1.807) is 6.20 Å². The lowest BCUT2D eigenvalue weighted by Crippen LogP contribution is -2.36. The number of carbonyl (C=O) groups excluding carboxylic acids is 1. The Morgan fingerprint density at radius 1 is 1.30 bits per heavy atom. The molecule has 0 spiro atoms. The number of fused-ring (bicyclic) bond motifs is 1. The van der Waals surface area contributed by atoms with E-state index in [4.69, 9.17) is 0 Å². The molecule has 0 fully saturated rings. The summed E-state index contributed by atoms with van der Waals surface area (Å²) in [5.41, 5.74) is 2.95. The highest BCUT2D eigenvalue weighted by molar-refractivity contribution is 7.98. The zero-order chi connectivity index (χ0) is 14.1. The topological polar surface area (TPSA) is 33.2 Å². The van der Waals surface area contributed by atoms with E-state index in [-0.39, 0.29) is 11.9 Å². The highest BCUT2D eigenvalue weighted by Crippen LogP contribution is 2.34. The standard InChI is InChI=1S/C16H16N2OS/c1-11-10-12-6-3-4-8-14(12)18(11)16(19)13-7-5-9-17-15(13)20-2/h3-9,11H,10H2,1-2H3. The van der Waals surface area contributed by atoms with E-state index in [2.05, 4.69) is 18.0 Å². The fourth-order valence-electron chi connectivity index (χ4n) is 2.72. The molecule has 1 aliphatic heterocycles. The van der Waals surface area contributed by atoms with Crippen LogP contribution in [0.1, 0.15) is 22.8 Å². The van der Waals surface area contributed by atoms with Crippen LogP contribution in [0, 0.1) is 0 Å². The van der Waals surface area contributed by atoms with Gasteiger partial charge in [-0.05, 0) is 43.4 Å². The number of rotatable bonds is 2. The summed E-state index contributed by atoms with van der Waals surface area (Å²) in [6.45, 7) is 2.09. The smallest absolute Gasteiger partial charge is 0.261 e. The summed E-state index contributed by atoms with van der Waals surface area (Å²) >= 11 is 1.51. The first kappa shape index (κ1) is 13.2. The Balaban J connectivity index is 2.03. The number of amides is 1. The monoisotopic (exact) mass is 284 g/mol. The molecule has 0 saturated carbocycles. The molecule has 1 aliphatic rings. The van der Waals surface area contributed by atoms with Gasteiger partial charge in [-0.15, -0.1) is 11.8 Å². The number of hydrogen-bond donors (Lipinski definition) is 0. The number of benzene rings is 1. The Morgan fingerprint density at radius 3 is 2.90 bits per heavy atom. The van der Waals surface area contributed by atoms with Crippen LogP contribution in [0.4, 0.5) is 5.69 Å². The molecule has 102 valence electrons. The first-order valence-electron chi connectivity index (χ1n) is 6.63. The fraction of sp³-hybridized carbons (Fsp3) is 0.250. The van der Waals surface area contributed by atoms with Crippen molar-refractivity contribution in [3.8, 4) is 0 Å². The third-order valence-corrected chi connectivity index (χ3v) is 4.33. The van der Waals surface area contributed by atoms with Crippen molar-refractivity contribution >= 4 is 23.4 Å². The number of anilines is 1. The van der Waals surface area contributed by atoms with Crippen molar-refractivity contribution in [1.29, 1.82) is 0 Å². The molecule has 1 aromatic heterocycles. The van der Waals surface area contributed by atoms with E-state index in [9.17, 15) is 4.79 Å². The van der Waals surface area contributed by atoms with Crippen LogP contribution in [0.2, 0.25) is 0 Å². The molecule has 4 heteroatoms. The molecule has 2 aromatic rings. The largest absolute Gasteiger partial charge is 0.305 e.